The molecule has 1 N–H and O–H groups in total. The number of benzene rings is 2. The second-order valence-corrected chi connectivity index (χ2v) is 5.99. The van der Waals surface area contributed by atoms with Crippen LogP contribution in [0.4, 0.5) is 5.69 Å². The van der Waals surface area contributed by atoms with Crippen molar-refractivity contribution in [3.8, 4) is 11.4 Å². The van der Waals surface area contributed by atoms with Crippen LogP contribution in [0.15, 0.2) is 60.8 Å². The lowest BCUT2D eigenvalue weighted by Gasteiger charge is -2.09. The standard InChI is InChI=1S/C21H19N3O6/c1-28-17-12-24(14-8-4-3-5-9-14)23-19(17)21(27)30-13-18(25)22-16-11-7-6-10-15(16)20(26)29-2/h3-12H,13H2,1-2H3,(H,22,25). The topological polar surface area (TPSA) is 109 Å². The van der Waals surface area contributed by atoms with E-state index in [1.54, 1.807) is 18.3 Å². The van der Waals surface area contributed by atoms with Gasteiger partial charge in [-0.25, -0.2) is 14.3 Å². The molecule has 2 aromatic carbocycles. The van der Waals surface area contributed by atoms with E-state index in [1.807, 2.05) is 30.3 Å². The summed E-state index contributed by atoms with van der Waals surface area (Å²) < 4.78 is 16.4. The molecule has 3 aromatic rings. The third kappa shape index (κ3) is 4.64. The first-order chi connectivity index (χ1) is 14.5. The maximum atomic E-state index is 12.4. The van der Waals surface area contributed by atoms with E-state index in [2.05, 4.69) is 15.2 Å². The van der Waals surface area contributed by atoms with Crippen molar-refractivity contribution in [2.24, 2.45) is 0 Å². The van der Waals surface area contributed by atoms with Gasteiger partial charge in [0.2, 0.25) is 5.69 Å². The highest BCUT2D eigenvalue weighted by Crippen LogP contribution is 2.20. The van der Waals surface area contributed by atoms with Gasteiger partial charge < -0.3 is 19.5 Å². The molecule has 0 spiro atoms. The van der Waals surface area contributed by atoms with Crippen LogP contribution in [0, 0.1) is 0 Å². The SMILES string of the molecule is COC(=O)c1ccccc1NC(=O)COC(=O)c1nn(-c2ccccc2)cc1OC. The Balaban J connectivity index is 1.67. The fraction of sp³-hybridized carbons (Fsp3) is 0.143. The molecule has 0 saturated carbocycles. The van der Waals surface area contributed by atoms with Gasteiger partial charge in [0.1, 0.15) is 0 Å². The van der Waals surface area contributed by atoms with Crippen molar-refractivity contribution < 1.29 is 28.6 Å². The maximum absolute atomic E-state index is 12.4. The molecule has 1 heterocycles. The number of esters is 2. The summed E-state index contributed by atoms with van der Waals surface area (Å²) in [6.45, 7) is -0.574. The molecule has 154 valence electrons. The van der Waals surface area contributed by atoms with Gasteiger partial charge in [0.05, 0.1) is 37.4 Å². The van der Waals surface area contributed by atoms with Gasteiger partial charge in [-0.15, -0.1) is 0 Å². The summed E-state index contributed by atoms with van der Waals surface area (Å²) in [6, 6.07) is 15.5. The molecule has 0 radical (unpaired) electrons. The minimum Gasteiger partial charge on any atom is -0.493 e. The summed E-state index contributed by atoms with van der Waals surface area (Å²) >= 11 is 0. The predicted molar refractivity (Wildman–Crippen MR) is 107 cm³/mol. The van der Waals surface area contributed by atoms with Crippen LogP contribution in [0.25, 0.3) is 5.69 Å². The van der Waals surface area contributed by atoms with Crippen LogP contribution in [0.1, 0.15) is 20.8 Å². The van der Waals surface area contributed by atoms with Crippen LogP contribution < -0.4 is 10.1 Å². The van der Waals surface area contributed by atoms with E-state index in [4.69, 9.17) is 9.47 Å². The third-order valence-corrected chi connectivity index (χ3v) is 4.06. The van der Waals surface area contributed by atoms with Crippen molar-refractivity contribution >= 4 is 23.5 Å². The van der Waals surface area contributed by atoms with Gasteiger partial charge >= 0.3 is 11.9 Å². The lowest BCUT2D eigenvalue weighted by Crippen LogP contribution is -2.22. The number of methoxy groups -OCH3 is 2. The zero-order valence-corrected chi connectivity index (χ0v) is 16.3. The summed E-state index contributed by atoms with van der Waals surface area (Å²) in [4.78, 5) is 36.4. The Morgan fingerprint density at radius 1 is 0.967 bits per heavy atom. The summed E-state index contributed by atoms with van der Waals surface area (Å²) in [6.07, 6.45) is 1.54. The number of carbonyl (C=O) groups is 3. The summed E-state index contributed by atoms with van der Waals surface area (Å²) in [7, 11) is 2.64. The van der Waals surface area contributed by atoms with Gasteiger partial charge in [-0.2, -0.15) is 5.10 Å². The number of nitrogens with zero attached hydrogens (tertiary/aromatic N) is 2. The molecule has 0 atom stereocenters. The van der Waals surface area contributed by atoms with E-state index in [-0.39, 0.29) is 22.7 Å². The number of carbonyl (C=O) groups excluding carboxylic acids is 3. The van der Waals surface area contributed by atoms with E-state index in [0.717, 1.165) is 5.69 Å². The van der Waals surface area contributed by atoms with E-state index < -0.39 is 24.5 Å². The van der Waals surface area contributed by atoms with Crippen molar-refractivity contribution in [3.63, 3.8) is 0 Å². The zero-order chi connectivity index (χ0) is 21.5. The first kappa shape index (κ1) is 20.6. The number of aromatic nitrogens is 2. The minimum absolute atomic E-state index is 0.0656. The predicted octanol–water partition coefficient (Wildman–Crippen LogP) is 2.46. The smallest absolute Gasteiger partial charge is 0.363 e. The largest absolute Gasteiger partial charge is 0.493 e. The highest BCUT2D eigenvalue weighted by molar-refractivity contribution is 6.02. The number of ether oxygens (including phenoxy) is 3. The van der Waals surface area contributed by atoms with Crippen molar-refractivity contribution in [2.45, 2.75) is 0 Å². The van der Waals surface area contributed by atoms with Crippen LogP contribution in [0.3, 0.4) is 0 Å². The number of para-hydroxylation sites is 2. The van der Waals surface area contributed by atoms with Crippen LogP contribution >= 0.6 is 0 Å². The van der Waals surface area contributed by atoms with E-state index >= 15 is 0 Å². The molecular formula is C21H19N3O6. The van der Waals surface area contributed by atoms with Gasteiger partial charge in [-0.1, -0.05) is 30.3 Å². The lowest BCUT2D eigenvalue weighted by molar-refractivity contribution is -0.119. The number of rotatable bonds is 7. The molecule has 0 aliphatic carbocycles. The number of anilines is 1. The molecular weight excluding hydrogens is 390 g/mol. The van der Waals surface area contributed by atoms with Crippen molar-refractivity contribution in [1.82, 2.24) is 9.78 Å². The summed E-state index contributed by atoms with van der Waals surface area (Å²) in [5, 5.41) is 6.70. The Labute approximate surface area is 172 Å². The quantitative estimate of drug-likeness (QED) is 0.597. The normalized spacial score (nSPS) is 10.2. The van der Waals surface area contributed by atoms with Crippen LogP contribution in [-0.4, -0.2) is 48.5 Å². The molecule has 1 amide bonds. The first-order valence-electron chi connectivity index (χ1n) is 8.87. The minimum atomic E-state index is -0.821. The van der Waals surface area contributed by atoms with E-state index in [1.165, 1.54) is 31.0 Å². The Kier molecular flexibility index (Phi) is 6.43. The average molecular weight is 409 g/mol. The number of hydrogen-bond donors (Lipinski definition) is 1. The Bertz CT molecular complexity index is 1060. The molecule has 9 heteroatoms. The van der Waals surface area contributed by atoms with Crippen LogP contribution in [0.2, 0.25) is 0 Å². The van der Waals surface area contributed by atoms with Crippen molar-refractivity contribution in [3.05, 3.63) is 72.1 Å². The number of hydrogen-bond acceptors (Lipinski definition) is 7. The highest BCUT2D eigenvalue weighted by Gasteiger charge is 2.21. The molecule has 0 fully saturated rings. The maximum Gasteiger partial charge on any atom is 0.363 e. The van der Waals surface area contributed by atoms with Crippen molar-refractivity contribution in [2.75, 3.05) is 26.1 Å². The summed E-state index contributed by atoms with van der Waals surface area (Å²) in [5.74, 6) is -1.83. The molecule has 0 saturated heterocycles. The lowest BCUT2D eigenvalue weighted by atomic mass is 10.2. The van der Waals surface area contributed by atoms with Crippen LogP contribution in [0.5, 0.6) is 5.75 Å². The van der Waals surface area contributed by atoms with Gasteiger partial charge in [0.25, 0.3) is 5.91 Å². The monoisotopic (exact) mass is 409 g/mol. The van der Waals surface area contributed by atoms with Gasteiger partial charge in [-0.3, -0.25) is 4.79 Å². The second kappa shape index (κ2) is 9.37. The number of nitrogens with one attached hydrogen (secondary N) is 1. The van der Waals surface area contributed by atoms with Gasteiger partial charge in [0, 0.05) is 0 Å². The Morgan fingerprint density at radius 3 is 2.37 bits per heavy atom. The molecule has 3 rings (SSSR count). The fourth-order valence-electron chi connectivity index (χ4n) is 2.63. The van der Waals surface area contributed by atoms with Crippen molar-refractivity contribution in [1.29, 1.82) is 0 Å². The highest BCUT2D eigenvalue weighted by atomic mass is 16.5. The second-order valence-electron chi connectivity index (χ2n) is 5.99. The fourth-order valence-corrected chi connectivity index (χ4v) is 2.63. The zero-order valence-electron chi connectivity index (χ0n) is 16.3. The molecule has 0 aliphatic rings. The molecule has 30 heavy (non-hydrogen) atoms. The van der Waals surface area contributed by atoms with Crippen LogP contribution in [-0.2, 0) is 14.3 Å². The van der Waals surface area contributed by atoms with E-state index in [0.29, 0.717) is 0 Å². The summed E-state index contributed by atoms with van der Waals surface area (Å²) in [5.41, 5.74) is 1.09. The van der Waals surface area contributed by atoms with Gasteiger partial charge in [-0.05, 0) is 24.3 Å². The third-order valence-electron chi connectivity index (χ3n) is 4.06. The molecule has 1 aromatic heterocycles. The average Bonchev–Trinajstić information content (AvgIpc) is 3.22. The first-order valence-corrected chi connectivity index (χ1v) is 8.87. The molecule has 0 unspecified atom stereocenters. The van der Waals surface area contributed by atoms with E-state index in [9.17, 15) is 14.4 Å². The molecule has 0 aliphatic heterocycles. The molecule has 0 bridgehead atoms. The Hall–Kier alpha value is -4.14. The molecule has 9 nitrogen and oxygen atoms in total. The van der Waals surface area contributed by atoms with Gasteiger partial charge in [0.15, 0.2) is 12.4 Å². The Morgan fingerprint density at radius 2 is 1.67 bits per heavy atom. The number of amides is 1.